The third-order valence-corrected chi connectivity index (χ3v) is 6.92. The lowest BCUT2D eigenvalue weighted by Gasteiger charge is -2.26. The minimum atomic E-state index is -0.419. The van der Waals surface area contributed by atoms with Gasteiger partial charge in [-0.25, -0.2) is 9.78 Å². The molecule has 170 valence electrons. The van der Waals surface area contributed by atoms with E-state index in [0.717, 1.165) is 16.0 Å². The summed E-state index contributed by atoms with van der Waals surface area (Å²) in [5.41, 5.74) is 2.50. The van der Waals surface area contributed by atoms with Gasteiger partial charge in [0, 0.05) is 37.3 Å². The predicted octanol–water partition coefficient (Wildman–Crippen LogP) is 4.18. The fourth-order valence-electron chi connectivity index (χ4n) is 3.87. The van der Waals surface area contributed by atoms with Gasteiger partial charge >= 0.3 is 6.09 Å². The highest BCUT2D eigenvalue weighted by Crippen LogP contribution is 2.37. The van der Waals surface area contributed by atoms with Crippen LogP contribution in [0.15, 0.2) is 42.7 Å². The van der Waals surface area contributed by atoms with Crippen LogP contribution in [0.5, 0.6) is 0 Å². The van der Waals surface area contributed by atoms with Crippen LogP contribution < -0.4 is 5.32 Å². The van der Waals surface area contributed by atoms with Crippen molar-refractivity contribution in [2.24, 2.45) is 7.05 Å². The van der Waals surface area contributed by atoms with Crippen molar-refractivity contribution in [1.82, 2.24) is 14.5 Å². The molecule has 1 aliphatic rings. The van der Waals surface area contributed by atoms with E-state index in [0.29, 0.717) is 42.3 Å². The molecule has 2 amide bonds. The van der Waals surface area contributed by atoms with E-state index in [1.165, 1.54) is 11.3 Å². The number of rotatable bonds is 6. The Morgan fingerprint density at radius 2 is 2.12 bits per heavy atom. The van der Waals surface area contributed by atoms with Crippen molar-refractivity contribution < 1.29 is 14.3 Å². The molecule has 8 nitrogen and oxygen atoms in total. The van der Waals surface area contributed by atoms with Crippen molar-refractivity contribution >= 4 is 28.3 Å². The number of carbonyl (C=O) groups is 2. The maximum absolute atomic E-state index is 12.7. The Morgan fingerprint density at radius 3 is 2.82 bits per heavy atom. The molecule has 0 radical (unpaired) electrons. The van der Waals surface area contributed by atoms with Crippen molar-refractivity contribution in [1.29, 1.82) is 5.26 Å². The summed E-state index contributed by atoms with van der Waals surface area (Å²) in [7, 11) is 1.84. The van der Waals surface area contributed by atoms with Crippen molar-refractivity contribution in [3.8, 4) is 6.07 Å². The monoisotopic (exact) mass is 463 g/mol. The Bertz CT molecular complexity index is 1190. The van der Waals surface area contributed by atoms with Crippen LogP contribution in [-0.4, -0.2) is 33.0 Å². The van der Waals surface area contributed by atoms with Gasteiger partial charge in [0.1, 0.15) is 16.9 Å². The highest BCUT2D eigenvalue weighted by Gasteiger charge is 2.28. The number of hydrogen-bond acceptors (Lipinski definition) is 6. The zero-order valence-corrected chi connectivity index (χ0v) is 19.4. The molecule has 4 rings (SSSR count). The summed E-state index contributed by atoms with van der Waals surface area (Å²) in [6.45, 7) is 2.91. The van der Waals surface area contributed by atoms with Gasteiger partial charge in [-0.2, -0.15) is 5.26 Å². The SMILES string of the molecule is CC(CC(=O)Nc1sc2c(c1C#N)CCN(C(=O)OCc1nccn1C)C2)c1ccccc1. The number of aryl methyl sites for hydroxylation is 1. The molecule has 2 aromatic heterocycles. The lowest BCUT2D eigenvalue weighted by Crippen LogP contribution is -2.36. The summed E-state index contributed by atoms with van der Waals surface area (Å²) in [6.07, 6.45) is 3.90. The minimum absolute atomic E-state index is 0.0651. The number of amides is 2. The van der Waals surface area contributed by atoms with E-state index in [9.17, 15) is 14.9 Å². The molecule has 1 aromatic carbocycles. The molecule has 1 atom stereocenters. The van der Waals surface area contributed by atoms with E-state index in [2.05, 4.69) is 16.4 Å². The number of imidazole rings is 1. The molecule has 1 unspecified atom stereocenters. The van der Waals surface area contributed by atoms with Gasteiger partial charge in [-0.15, -0.1) is 11.3 Å². The largest absolute Gasteiger partial charge is 0.441 e. The molecule has 0 saturated heterocycles. The van der Waals surface area contributed by atoms with Gasteiger partial charge in [0.05, 0.1) is 12.1 Å². The molecular formula is C24H25N5O3S. The highest BCUT2D eigenvalue weighted by atomic mass is 32.1. The van der Waals surface area contributed by atoms with E-state index in [-0.39, 0.29) is 18.4 Å². The molecule has 33 heavy (non-hydrogen) atoms. The Hall–Kier alpha value is -3.64. The predicted molar refractivity (Wildman–Crippen MR) is 125 cm³/mol. The molecular weight excluding hydrogens is 438 g/mol. The number of carbonyl (C=O) groups excluding carboxylic acids is 2. The van der Waals surface area contributed by atoms with Gasteiger partial charge in [0.15, 0.2) is 6.61 Å². The molecule has 0 fully saturated rings. The van der Waals surface area contributed by atoms with E-state index in [1.807, 2.05) is 44.3 Å². The fourth-order valence-corrected chi connectivity index (χ4v) is 5.10. The van der Waals surface area contributed by atoms with Gasteiger partial charge in [0.2, 0.25) is 5.91 Å². The summed E-state index contributed by atoms with van der Waals surface area (Å²) < 4.78 is 7.21. The zero-order chi connectivity index (χ0) is 23.4. The average Bonchev–Trinajstić information content (AvgIpc) is 3.39. The van der Waals surface area contributed by atoms with Crippen LogP contribution in [0.25, 0.3) is 0 Å². The summed E-state index contributed by atoms with van der Waals surface area (Å²) in [6, 6.07) is 12.1. The fraction of sp³-hybridized carbons (Fsp3) is 0.333. The van der Waals surface area contributed by atoms with Gasteiger partial charge in [-0.05, 0) is 23.5 Å². The van der Waals surface area contributed by atoms with E-state index < -0.39 is 6.09 Å². The minimum Gasteiger partial charge on any atom is -0.441 e. The van der Waals surface area contributed by atoms with Crippen LogP contribution >= 0.6 is 11.3 Å². The van der Waals surface area contributed by atoms with E-state index >= 15 is 0 Å². The molecule has 0 saturated carbocycles. The van der Waals surface area contributed by atoms with Crippen LogP contribution in [0.3, 0.4) is 0 Å². The lowest BCUT2D eigenvalue weighted by atomic mass is 9.97. The number of nitriles is 1. The lowest BCUT2D eigenvalue weighted by molar-refractivity contribution is -0.116. The Balaban J connectivity index is 1.40. The second kappa shape index (κ2) is 9.88. The average molecular weight is 464 g/mol. The standard InChI is InChI=1S/C24H25N5O3S/c1-16(17-6-4-3-5-7-17)12-22(30)27-23-19(13-25)18-8-10-29(14-20(18)33-23)24(31)32-15-21-26-9-11-28(21)2/h3-7,9,11,16H,8,10,12,14-15H2,1-2H3,(H,27,30). The first kappa shape index (κ1) is 22.6. The Kier molecular flexibility index (Phi) is 6.75. The maximum Gasteiger partial charge on any atom is 0.410 e. The van der Waals surface area contributed by atoms with Crippen LogP contribution in [0.2, 0.25) is 0 Å². The third kappa shape index (κ3) is 5.07. The number of thiophene rings is 1. The highest BCUT2D eigenvalue weighted by molar-refractivity contribution is 7.16. The molecule has 0 spiro atoms. The second-order valence-electron chi connectivity index (χ2n) is 8.06. The third-order valence-electron chi connectivity index (χ3n) is 5.79. The molecule has 9 heteroatoms. The summed E-state index contributed by atoms with van der Waals surface area (Å²) in [4.78, 5) is 31.9. The normalized spacial score (nSPS) is 13.7. The number of nitrogens with zero attached hydrogens (tertiary/aromatic N) is 4. The summed E-state index contributed by atoms with van der Waals surface area (Å²) in [5, 5.41) is 13.2. The van der Waals surface area contributed by atoms with Crippen molar-refractivity contribution in [3.63, 3.8) is 0 Å². The second-order valence-corrected chi connectivity index (χ2v) is 9.17. The van der Waals surface area contributed by atoms with E-state index in [4.69, 9.17) is 4.74 Å². The van der Waals surface area contributed by atoms with Crippen molar-refractivity contribution in [2.45, 2.75) is 38.8 Å². The number of fused-ring (bicyclic) bond motifs is 1. The number of ether oxygens (including phenoxy) is 1. The topological polar surface area (TPSA) is 100 Å². The van der Waals surface area contributed by atoms with Gasteiger partial charge < -0.3 is 19.5 Å². The van der Waals surface area contributed by atoms with Crippen LogP contribution in [0, 0.1) is 11.3 Å². The Morgan fingerprint density at radius 1 is 1.33 bits per heavy atom. The molecule has 3 heterocycles. The number of hydrogen-bond donors (Lipinski definition) is 1. The first-order chi connectivity index (χ1) is 16.0. The summed E-state index contributed by atoms with van der Waals surface area (Å²) >= 11 is 1.36. The van der Waals surface area contributed by atoms with Gasteiger partial charge in [-0.3, -0.25) is 4.79 Å². The molecule has 0 aliphatic carbocycles. The van der Waals surface area contributed by atoms with Crippen LogP contribution in [-0.2, 0) is 36.2 Å². The van der Waals surface area contributed by atoms with Gasteiger partial charge in [0.25, 0.3) is 0 Å². The molecule has 0 bridgehead atoms. The first-order valence-electron chi connectivity index (χ1n) is 10.7. The first-order valence-corrected chi connectivity index (χ1v) is 11.5. The smallest absolute Gasteiger partial charge is 0.410 e. The number of nitrogens with one attached hydrogen (secondary N) is 1. The Labute approximate surface area is 196 Å². The number of benzene rings is 1. The molecule has 1 N–H and O–H groups in total. The summed E-state index contributed by atoms with van der Waals surface area (Å²) in [5.74, 6) is 0.599. The number of anilines is 1. The zero-order valence-electron chi connectivity index (χ0n) is 18.6. The van der Waals surface area contributed by atoms with Crippen LogP contribution in [0.1, 0.15) is 46.7 Å². The van der Waals surface area contributed by atoms with Crippen molar-refractivity contribution in [2.75, 3.05) is 11.9 Å². The van der Waals surface area contributed by atoms with E-state index in [1.54, 1.807) is 21.9 Å². The van der Waals surface area contributed by atoms with Gasteiger partial charge in [-0.1, -0.05) is 37.3 Å². The quantitative estimate of drug-likeness (QED) is 0.591. The van der Waals surface area contributed by atoms with Crippen molar-refractivity contribution in [3.05, 3.63) is 70.1 Å². The number of aromatic nitrogens is 2. The van der Waals surface area contributed by atoms with Crippen LogP contribution in [0.4, 0.5) is 9.80 Å². The molecule has 3 aromatic rings. The molecule has 1 aliphatic heterocycles. The maximum atomic E-state index is 12.7.